The number of aryl methyl sites for hydroxylation is 1. The van der Waals surface area contributed by atoms with Crippen LogP contribution in [0.15, 0.2) is 66.3 Å². The maximum atomic E-state index is 13.4. The lowest BCUT2D eigenvalue weighted by molar-refractivity contribution is -0.139. The molecule has 2 aromatic carbocycles. The van der Waals surface area contributed by atoms with Crippen LogP contribution in [0.4, 0.5) is 4.39 Å². The second-order valence-corrected chi connectivity index (χ2v) is 6.98. The zero-order valence-corrected chi connectivity index (χ0v) is 15.4. The fourth-order valence-corrected chi connectivity index (χ4v) is 3.54. The second kappa shape index (κ2) is 8.95. The summed E-state index contributed by atoms with van der Waals surface area (Å²) < 4.78 is 13.4. The average molecular weight is 382 g/mol. The number of aliphatic carboxylic acids is 1. The molecule has 146 valence electrons. The molecule has 0 aromatic heterocycles. The SMILES string of the molecule is O=C(O)CC(O)CC(O)/C=C/C1=C(c2ccc(F)cc2)c2ccccc2CC1. The van der Waals surface area contributed by atoms with Gasteiger partial charge in [-0.3, -0.25) is 4.79 Å². The Morgan fingerprint density at radius 3 is 2.50 bits per heavy atom. The van der Waals surface area contributed by atoms with Crippen LogP contribution in [0.25, 0.3) is 5.57 Å². The van der Waals surface area contributed by atoms with Crippen molar-refractivity contribution in [1.29, 1.82) is 0 Å². The first-order valence-corrected chi connectivity index (χ1v) is 9.27. The molecule has 2 atom stereocenters. The van der Waals surface area contributed by atoms with E-state index in [1.807, 2.05) is 24.3 Å². The summed E-state index contributed by atoms with van der Waals surface area (Å²) in [6.45, 7) is 0. The standard InChI is InChI=1S/C23H23FO4/c24-18-10-7-17(8-11-18)23-16(6-5-15-3-1-2-4-21(15)23)9-12-19(25)13-20(26)14-22(27)28/h1-4,7-12,19-20,25-26H,5-6,13-14H2,(H,27,28)/b12-9+. The molecule has 0 aliphatic heterocycles. The van der Waals surface area contributed by atoms with Crippen molar-refractivity contribution >= 4 is 11.5 Å². The van der Waals surface area contributed by atoms with Gasteiger partial charge in [-0.25, -0.2) is 4.39 Å². The van der Waals surface area contributed by atoms with Crippen molar-refractivity contribution in [2.75, 3.05) is 0 Å². The van der Waals surface area contributed by atoms with E-state index in [-0.39, 0.29) is 12.2 Å². The lowest BCUT2D eigenvalue weighted by Gasteiger charge is -2.23. The molecule has 3 rings (SSSR count). The highest BCUT2D eigenvalue weighted by molar-refractivity contribution is 5.86. The summed E-state index contributed by atoms with van der Waals surface area (Å²) in [5.41, 5.74) is 5.21. The monoisotopic (exact) mass is 382 g/mol. The van der Waals surface area contributed by atoms with Gasteiger partial charge in [0, 0.05) is 6.42 Å². The molecule has 5 heteroatoms. The van der Waals surface area contributed by atoms with Crippen molar-refractivity contribution in [3.05, 3.63) is 88.8 Å². The summed E-state index contributed by atoms with van der Waals surface area (Å²) in [7, 11) is 0. The molecular weight excluding hydrogens is 359 g/mol. The summed E-state index contributed by atoms with van der Waals surface area (Å²) >= 11 is 0. The number of halogens is 1. The Morgan fingerprint density at radius 1 is 1.07 bits per heavy atom. The van der Waals surface area contributed by atoms with Crippen LogP contribution >= 0.6 is 0 Å². The number of carbonyl (C=O) groups is 1. The average Bonchev–Trinajstić information content (AvgIpc) is 2.66. The van der Waals surface area contributed by atoms with Crippen molar-refractivity contribution in [2.24, 2.45) is 0 Å². The molecule has 2 unspecified atom stereocenters. The van der Waals surface area contributed by atoms with Crippen molar-refractivity contribution in [2.45, 2.75) is 37.9 Å². The Bertz CT molecular complexity index is 899. The molecular formula is C23H23FO4. The summed E-state index contributed by atoms with van der Waals surface area (Å²) in [5.74, 6) is -1.40. The maximum Gasteiger partial charge on any atom is 0.305 e. The van der Waals surface area contributed by atoms with Crippen molar-refractivity contribution in [3.8, 4) is 0 Å². The van der Waals surface area contributed by atoms with E-state index in [0.717, 1.165) is 35.1 Å². The molecule has 3 N–H and O–H groups in total. The van der Waals surface area contributed by atoms with Gasteiger partial charge in [0.05, 0.1) is 18.6 Å². The number of hydrogen-bond acceptors (Lipinski definition) is 3. The van der Waals surface area contributed by atoms with E-state index in [1.165, 1.54) is 17.7 Å². The van der Waals surface area contributed by atoms with E-state index in [2.05, 4.69) is 6.07 Å². The zero-order chi connectivity index (χ0) is 20.1. The van der Waals surface area contributed by atoms with E-state index >= 15 is 0 Å². The van der Waals surface area contributed by atoms with Gasteiger partial charge in [-0.15, -0.1) is 0 Å². The number of hydrogen-bond donors (Lipinski definition) is 3. The maximum absolute atomic E-state index is 13.4. The molecule has 0 radical (unpaired) electrons. The second-order valence-electron chi connectivity index (χ2n) is 6.98. The van der Waals surface area contributed by atoms with Gasteiger partial charge in [-0.2, -0.15) is 0 Å². The normalized spacial score (nSPS) is 16.1. The summed E-state index contributed by atoms with van der Waals surface area (Å²) in [6, 6.07) is 14.4. The van der Waals surface area contributed by atoms with Crippen LogP contribution in [0.1, 0.15) is 36.0 Å². The minimum atomic E-state index is -1.10. The first kappa shape index (κ1) is 20.0. The minimum Gasteiger partial charge on any atom is -0.481 e. The largest absolute Gasteiger partial charge is 0.481 e. The van der Waals surface area contributed by atoms with Gasteiger partial charge in [0.2, 0.25) is 0 Å². The third-order valence-corrected chi connectivity index (χ3v) is 4.85. The van der Waals surface area contributed by atoms with Crippen LogP contribution < -0.4 is 0 Å². The molecule has 0 saturated carbocycles. The first-order chi connectivity index (χ1) is 13.4. The van der Waals surface area contributed by atoms with Crippen LogP contribution in [0.5, 0.6) is 0 Å². The third-order valence-electron chi connectivity index (χ3n) is 4.85. The Morgan fingerprint density at radius 2 is 1.79 bits per heavy atom. The van der Waals surface area contributed by atoms with Gasteiger partial charge in [0.25, 0.3) is 0 Å². The van der Waals surface area contributed by atoms with Crippen LogP contribution in [0.3, 0.4) is 0 Å². The van der Waals surface area contributed by atoms with Crippen molar-refractivity contribution in [3.63, 3.8) is 0 Å². The van der Waals surface area contributed by atoms with Gasteiger partial charge in [-0.1, -0.05) is 48.6 Å². The molecule has 0 bridgehead atoms. The van der Waals surface area contributed by atoms with Crippen molar-refractivity contribution in [1.82, 2.24) is 0 Å². The Balaban J connectivity index is 1.91. The minimum absolute atomic E-state index is 0.0431. The third kappa shape index (κ3) is 4.94. The highest BCUT2D eigenvalue weighted by atomic mass is 19.1. The molecule has 0 spiro atoms. The fraction of sp³-hybridized carbons (Fsp3) is 0.261. The Hall–Kier alpha value is -2.76. The van der Waals surface area contributed by atoms with E-state index in [9.17, 15) is 19.4 Å². The van der Waals surface area contributed by atoms with Gasteiger partial charge in [0.15, 0.2) is 0 Å². The van der Waals surface area contributed by atoms with E-state index in [0.29, 0.717) is 0 Å². The number of aliphatic hydroxyl groups is 2. The summed E-state index contributed by atoms with van der Waals surface area (Å²) in [5, 5.41) is 28.5. The van der Waals surface area contributed by atoms with Gasteiger partial charge < -0.3 is 15.3 Å². The molecule has 1 aliphatic carbocycles. The molecule has 0 heterocycles. The summed E-state index contributed by atoms with van der Waals surface area (Å²) in [4.78, 5) is 10.6. The molecule has 0 amide bonds. The van der Waals surface area contributed by atoms with Crippen LogP contribution in [-0.4, -0.2) is 33.5 Å². The van der Waals surface area contributed by atoms with E-state index < -0.39 is 24.6 Å². The van der Waals surface area contributed by atoms with Crippen molar-refractivity contribution < 1.29 is 24.5 Å². The highest BCUT2D eigenvalue weighted by Crippen LogP contribution is 2.36. The van der Waals surface area contributed by atoms with Crippen LogP contribution in [0, 0.1) is 5.82 Å². The van der Waals surface area contributed by atoms with Gasteiger partial charge in [0.1, 0.15) is 5.82 Å². The number of aliphatic hydroxyl groups excluding tert-OH is 2. The zero-order valence-electron chi connectivity index (χ0n) is 15.4. The fourth-order valence-electron chi connectivity index (χ4n) is 3.54. The lowest BCUT2D eigenvalue weighted by atomic mass is 9.82. The molecule has 4 nitrogen and oxygen atoms in total. The molecule has 28 heavy (non-hydrogen) atoms. The molecule has 2 aromatic rings. The molecule has 0 fully saturated rings. The highest BCUT2D eigenvalue weighted by Gasteiger charge is 2.19. The smallest absolute Gasteiger partial charge is 0.305 e. The first-order valence-electron chi connectivity index (χ1n) is 9.27. The predicted molar refractivity (Wildman–Crippen MR) is 105 cm³/mol. The Labute approximate surface area is 163 Å². The van der Waals surface area contributed by atoms with E-state index in [1.54, 1.807) is 18.2 Å². The number of fused-ring (bicyclic) bond motifs is 1. The van der Waals surface area contributed by atoms with Gasteiger partial charge in [-0.05, 0) is 52.8 Å². The summed E-state index contributed by atoms with van der Waals surface area (Å²) in [6.07, 6.45) is 2.54. The van der Waals surface area contributed by atoms with Crippen LogP contribution in [0.2, 0.25) is 0 Å². The van der Waals surface area contributed by atoms with E-state index in [4.69, 9.17) is 5.11 Å². The number of carboxylic acid groups (broad SMARTS) is 1. The predicted octanol–water partition coefficient (Wildman–Crippen LogP) is 3.72. The topological polar surface area (TPSA) is 77.8 Å². The lowest BCUT2D eigenvalue weighted by Crippen LogP contribution is -2.19. The number of carboxylic acids is 1. The molecule has 1 aliphatic rings. The van der Waals surface area contributed by atoms with Crippen LogP contribution in [-0.2, 0) is 11.2 Å². The number of allylic oxidation sites excluding steroid dienone is 2. The Kier molecular flexibility index (Phi) is 6.39. The molecule has 0 saturated heterocycles. The number of benzene rings is 2. The number of rotatable bonds is 7. The quantitative estimate of drug-likeness (QED) is 0.682. The van der Waals surface area contributed by atoms with Gasteiger partial charge >= 0.3 is 5.97 Å².